The van der Waals surface area contributed by atoms with Gasteiger partial charge in [-0.25, -0.2) is 4.79 Å². The molecule has 2 rings (SSSR count). The molecular formula is C26H47N7O5. The molecule has 0 spiro atoms. The van der Waals surface area contributed by atoms with Gasteiger partial charge in [0.25, 0.3) is 0 Å². The van der Waals surface area contributed by atoms with Crippen molar-refractivity contribution in [3.05, 3.63) is 0 Å². The molecule has 0 aromatic carbocycles. The van der Waals surface area contributed by atoms with Crippen LogP contribution in [0.3, 0.4) is 0 Å². The zero-order chi connectivity index (χ0) is 28.6. The third kappa shape index (κ3) is 8.65. The quantitative estimate of drug-likeness (QED) is 0.201. The van der Waals surface area contributed by atoms with E-state index in [0.717, 1.165) is 19.4 Å². The van der Waals surface area contributed by atoms with Crippen molar-refractivity contribution in [3.8, 4) is 0 Å². The molecule has 0 aromatic rings. The van der Waals surface area contributed by atoms with Gasteiger partial charge in [0.2, 0.25) is 17.7 Å². The van der Waals surface area contributed by atoms with Gasteiger partial charge in [-0.3, -0.25) is 24.3 Å². The molecule has 38 heavy (non-hydrogen) atoms. The predicted octanol–water partition coefficient (Wildman–Crippen LogP) is -0.0365. The number of carbonyl (C=O) groups is 4. The molecule has 216 valence electrons. The molecule has 12 heteroatoms. The van der Waals surface area contributed by atoms with Crippen molar-refractivity contribution in [3.63, 3.8) is 0 Å². The molecule has 0 aliphatic carbocycles. The number of aliphatic carboxylic acids is 1. The van der Waals surface area contributed by atoms with E-state index in [1.807, 2.05) is 41.5 Å². The fraction of sp³-hybridized carbons (Fsp3) is 0.808. The zero-order valence-electron chi connectivity index (χ0n) is 23.7. The van der Waals surface area contributed by atoms with Crippen LogP contribution in [0.2, 0.25) is 0 Å². The number of hydrogen-bond acceptors (Lipinski definition) is 7. The average Bonchev–Trinajstić information content (AvgIpc) is 3.31. The highest BCUT2D eigenvalue weighted by atomic mass is 16.4. The van der Waals surface area contributed by atoms with Crippen molar-refractivity contribution < 1.29 is 24.3 Å². The number of amides is 3. The van der Waals surface area contributed by atoms with Gasteiger partial charge in [-0.1, -0.05) is 20.3 Å². The van der Waals surface area contributed by atoms with E-state index in [0.29, 0.717) is 25.2 Å². The highest BCUT2D eigenvalue weighted by Gasteiger charge is 2.45. The maximum atomic E-state index is 13.0. The normalized spacial score (nSPS) is 25.0. The van der Waals surface area contributed by atoms with Crippen LogP contribution >= 0.6 is 0 Å². The smallest absolute Gasteiger partial charge is 0.326 e. The zero-order valence-corrected chi connectivity index (χ0v) is 23.7. The van der Waals surface area contributed by atoms with Crippen LogP contribution in [0.25, 0.3) is 0 Å². The van der Waals surface area contributed by atoms with Crippen molar-refractivity contribution in [2.45, 2.75) is 109 Å². The number of carboxylic acids is 1. The summed E-state index contributed by atoms with van der Waals surface area (Å²) >= 11 is 0. The van der Waals surface area contributed by atoms with Gasteiger partial charge >= 0.3 is 5.97 Å². The summed E-state index contributed by atoms with van der Waals surface area (Å²) in [5.41, 5.74) is 5.14. The maximum Gasteiger partial charge on any atom is 0.326 e. The van der Waals surface area contributed by atoms with Gasteiger partial charge in [-0.2, -0.15) is 0 Å². The minimum absolute atomic E-state index is 0.0327. The number of piperazine rings is 1. The first-order valence-corrected chi connectivity index (χ1v) is 13.7. The van der Waals surface area contributed by atoms with Crippen molar-refractivity contribution in [1.29, 1.82) is 0 Å². The van der Waals surface area contributed by atoms with Crippen LogP contribution in [0, 0.1) is 5.92 Å². The Morgan fingerprint density at radius 2 is 1.92 bits per heavy atom. The van der Waals surface area contributed by atoms with E-state index in [-0.39, 0.29) is 48.5 Å². The van der Waals surface area contributed by atoms with E-state index in [2.05, 4.69) is 31.2 Å². The summed E-state index contributed by atoms with van der Waals surface area (Å²) in [6.07, 6.45) is 3.04. The van der Waals surface area contributed by atoms with Crippen LogP contribution in [-0.4, -0.2) is 94.9 Å². The molecule has 12 nitrogen and oxygen atoms in total. The summed E-state index contributed by atoms with van der Waals surface area (Å²) in [5, 5.41) is 21.2. The first kappa shape index (κ1) is 31.5. The van der Waals surface area contributed by atoms with E-state index in [1.54, 1.807) is 0 Å². The lowest BCUT2D eigenvalue weighted by Gasteiger charge is -2.43. The van der Waals surface area contributed by atoms with Crippen LogP contribution in [0.15, 0.2) is 4.99 Å². The highest BCUT2D eigenvalue weighted by molar-refractivity contribution is 5.95. The predicted molar refractivity (Wildman–Crippen MR) is 146 cm³/mol. The number of fused-ring (bicyclic) bond motifs is 1. The molecule has 6 atom stereocenters. The molecule has 0 saturated carbocycles. The van der Waals surface area contributed by atoms with E-state index in [1.165, 1.54) is 0 Å². The topological polar surface area (TPSA) is 178 Å². The summed E-state index contributed by atoms with van der Waals surface area (Å²) in [7, 11) is 0. The monoisotopic (exact) mass is 537 g/mol. The Bertz CT molecular complexity index is 888. The van der Waals surface area contributed by atoms with Crippen molar-refractivity contribution in [2.75, 3.05) is 19.6 Å². The lowest BCUT2D eigenvalue weighted by Crippen LogP contribution is -2.67. The number of nitrogens with zero attached hydrogens (tertiary/aromatic N) is 2. The summed E-state index contributed by atoms with van der Waals surface area (Å²) in [5.74, 6) is -1.68. The average molecular weight is 538 g/mol. The minimum Gasteiger partial charge on any atom is -0.480 e. The minimum atomic E-state index is -1.14. The molecule has 0 unspecified atom stereocenters. The number of aliphatic imine (C=N–C) groups is 1. The number of hydrogen-bond donors (Lipinski definition) is 6. The molecule has 7 N–H and O–H groups in total. The van der Waals surface area contributed by atoms with E-state index < -0.39 is 29.9 Å². The van der Waals surface area contributed by atoms with Gasteiger partial charge in [0.15, 0.2) is 0 Å². The largest absolute Gasteiger partial charge is 0.480 e. The molecule has 2 aliphatic heterocycles. The SMILES string of the molecule is CC[C@H](C)[C@H](NC(=O)CN=C1N[C@@H](C)[C@@H](C(=O)NC(C)(C)C)N2CCC[C@H]12)C(=O)N[C@H](CCCN)C(=O)O. The Labute approximate surface area is 225 Å². The number of nitrogens with two attached hydrogens (primary N) is 1. The number of amidine groups is 1. The van der Waals surface area contributed by atoms with Gasteiger partial charge in [0.1, 0.15) is 30.5 Å². The second-order valence-electron chi connectivity index (χ2n) is 11.5. The first-order chi connectivity index (χ1) is 17.8. The highest BCUT2D eigenvalue weighted by Crippen LogP contribution is 2.27. The van der Waals surface area contributed by atoms with Crippen molar-refractivity contribution in [2.24, 2.45) is 16.6 Å². The number of rotatable bonds is 12. The summed E-state index contributed by atoms with van der Waals surface area (Å²) in [4.78, 5) is 57.1. The molecular weight excluding hydrogens is 490 g/mol. The van der Waals surface area contributed by atoms with Crippen LogP contribution in [0.4, 0.5) is 0 Å². The third-order valence-electron chi connectivity index (χ3n) is 7.10. The number of carbonyl (C=O) groups excluding carboxylic acids is 3. The van der Waals surface area contributed by atoms with Crippen molar-refractivity contribution >= 4 is 29.5 Å². The fourth-order valence-electron chi connectivity index (χ4n) is 5.00. The third-order valence-corrected chi connectivity index (χ3v) is 7.10. The first-order valence-electron chi connectivity index (χ1n) is 13.7. The second-order valence-corrected chi connectivity index (χ2v) is 11.5. The Balaban J connectivity index is 2.08. The van der Waals surface area contributed by atoms with Crippen LogP contribution in [0.1, 0.15) is 73.6 Å². The Kier molecular flexibility index (Phi) is 11.5. The summed E-state index contributed by atoms with van der Waals surface area (Å²) in [6.45, 7) is 12.4. The number of carboxylic acid groups (broad SMARTS) is 1. The Morgan fingerprint density at radius 3 is 2.50 bits per heavy atom. The van der Waals surface area contributed by atoms with Gasteiger partial charge in [-0.15, -0.1) is 0 Å². The van der Waals surface area contributed by atoms with Crippen LogP contribution in [0.5, 0.6) is 0 Å². The van der Waals surface area contributed by atoms with Gasteiger partial charge < -0.3 is 32.1 Å². The molecule has 0 bridgehead atoms. The molecule has 0 radical (unpaired) electrons. The molecule has 2 fully saturated rings. The van der Waals surface area contributed by atoms with Crippen LogP contribution < -0.4 is 27.0 Å². The number of nitrogens with one attached hydrogen (secondary N) is 4. The Hall–Kier alpha value is -2.73. The second kappa shape index (κ2) is 13.9. The molecule has 0 aromatic heterocycles. The van der Waals surface area contributed by atoms with Gasteiger partial charge in [0, 0.05) is 11.6 Å². The van der Waals surface area contributed by atoms with Crippen molar-refractivity contribution in [1.82, 2.24) is 26.2 Å². The molecule has 2 aliphatic rings. The molecule has 2 saturated heterocycles. The maximum absolute atomic E-state index is 13.0. The molecule has 2 heterocycles. The Morgan fingerprint density at radius 1 is 1.24 bits per heavy atom. The van der Waals surface area contributed by atoms with Gasteiger partial charge in [0.05, 0.1) is 6.04 Å². The van der Waals surface area contributed by atoms with Gasteiger partial charge in [-0.05, 0) is 72.4 Å². The van der Waals surface area contributed by atoms with Crippen LogP contribution in [-0.2, 0) is 19.2 Å². The summed E-state index contributed by atoms with van der Waals surface area (Å²) in [6, 6.07) is -2.58. The van der Waals surface area contributed by atoms with E-state index in [9.17, 15) is 24.3 Å². The van der Waals surface area contributed by atoms with E-state index >= 15 is 0 Å². The molecule has 3 amide bonds. The van der Waals surface area contributed by atoms with E-state index in [4.69, 9.17) is 5.73 Å². The summed E-state index contributed by atoms with van der Waals surface area (Å²) < 4.78 is 0. The lowest BCUT2D eigenvalue weighted by atomic mass is 9.97. The standard InChI is InChI=1S/C26H47N7O5/c1-7-15(2)20(23(35)30-17(25(37)38)10-8-12-27)31-19(34)14-28-22-18-11-9-13-33(18)21(16(3)29-22)24(36)32-26(4,5)6/h15-18,20-21H,7-14,27H2,1-6H3,(H,28,29)(H,30,35)(H,31,34)(H,32,36)(H,37,38)/t15-,16-,17+,18+,20-,21-/m0/s1. The fourth-order valence-corrected chi connectivity index (χ4v) is 5.00. The lowest BCUT2D eigenvalue weighted by molar-refractivity contribution is -0.142.